The van der Waals surface area contributed by atoms with Crippen molar-refractivity contribution in [2.45, 2.75) is 6.42 Å². The number of hydrogen-bond donors (Lipinski definition) is 1. The topological polar surface area (TPSA) is 49.9 Å². The minimum atomic E-state index is -0.0169. The Bertz CT molecular complexity index is 802. The van der Waals surface area contributed by atoms with Crippen molar-refractivity contribution in [2.75, 3.05) is 0 Å². The van der Waals surface area contributed by atoms with E-state index in [9.17, 15) is 9.59 Å². The van der Waals surface area contributed by atoms with Gasteiger partial charge in [-0.25, -0.2) is 0 Å². The normalized spacial score (nSPS) is 10.9. The van der Waals surface area contributed by atoms with E-state index in [1.54, 1.807) is 6.07 Å². The van der Waals surface area contributed by atoms with Crippen molar-refractivity contribution in [1.82, 2.24) is 4.98 Å². The lowest BCUT2D eigenvalue weighted by Crippen LogP contribution is -2.07. The quantitative estimate of drug-likeness (QED) is 0.549. The highest BCUT2D eigenvalue weighted by Crippen LogP contribution is 2.17. The van der Waals surface area contributed by atoms with Gasteiger partial charge in [0.25, 0.3) is 0 Å². The van der Waals surface area contributed by atoms with Crippen molar-refractivity contribution in [2.24, 2.45) is 0 Å². The second-order valence-corrected chi connectivity index (χ2v) is 4.21. The summed E-state index contributed by atoms with van der Waals surface area (Å²) in [6.07, 6.45) is 1.09. The van der Waals surface area contributed by atoms with Gasteiger partial charge in [-0.2, -0.15) is 0 Å². The SMILES string of the molecule is O=CCc1cccc2[nH]c3ccccc3c(=O)c12. The molecule has 3 rings (SSSR count). The van der Waals surface area contributed by atoms with Crippen LogP contribution in [0, 0.1) is 0 Å². The van der Waals surface area contributed by atoms with Gasteiger partial charge >= 0.3 is 0 Å². The average Bonchev–Trinajstić information content (AvgIpc) is 2.39. The van der Waals surface area contributed by atoms with Crippen molar-refractivity contribution in [3.05, 3.63) is 58.3 Å². The van der Waals surface area contributed by atoms with Crippen LogP contribution in [0.3, 0.4) is 0 Å². The zero-order valence-electron chi connectivity index (χ0n) is 9.64. The van der Waals surface area contributed by atoms with E-state index in [-0.39, 0.29) is 11.8 Å². The number of para-hydroxylation sites is 1. The number of nitrogens with one attached hydrogen (secondary N) is 1. The summed E-state index contributed by atoms with van der Waals surface area (Å²) in [5.41, 5.74) is 2.35. The summed E-state index contributed by atoms with van der Waals surface area (Å²) in [5.74, 6) is 0. The number of carbonyl (C=O) groups excluding carboxylic acids is 1. The first-order valence-electron chi connectivity index (χ1n) is 5.77. The molecule has 0 spiro atoms. The minimum Gasteiger partial charge on any atom is -0.354 e. The summed E-state index contributed by atoms with van der Waals surface area (Å²) in [6.45, 7) is 0. The van der Waals surface area contributed by atoms with Gasteiger partial charge in [0.2, 0.25) is 0 Å². The van der Waals surface area contributed by atoms with Crippen LogP contribution in [0.2, 0.25) is 0 Å². The van der Waals surface area contributed by atoms with Crippen LogP contribution in [-0.2, 0) is 11.2 Å². The zero-order valence-corrected chi connectivity index (χ0v) is 9.64. The van der Waals surface area contributed by atoms with Gasteiger partial charge in [-0.05, 0) is 23.8 Å². The number of aldehydes is 1. The molecule has 1 heterocycles. The number of rotatable bonds is 2. The summed E-state index contributed by atoms with van der Waals surface area (Å²) in [4.78, 5) is 26.4. The van der Waals surface area contributed by atoms with E-state index in [0.717, 1.165) is 22.9 Å². The molecule has 0 fully saturated rings. The Labute approximate surface area is 103 Å². The average molecular weight is 237 g/mol. The summed E-state index contributed by atoms with van der Waals surface area (Å²) in [7, 11) is 0. The fraction of sp³-hybridized carbons (Fsp3) is 0.0667. The van der Waals surface area contributed by atoms with Crippen molar-refractivity contribution in [1.29, 1.82) is 0 Å². The fourth-order valence-corrected chi connectivity index (χ4v) is 2.30. The molecule has 0 aliphatic rings. The van der Waals surface area contributed by atoms with E-state index in [4.69, 9.17) is 0 Å². The van der Waals surface area contributed by atoms with Crippen LogP contribution >= 0.6 is 0 Å². The molecular formula is C15H11NO2. The predicted molar refractivity (Wildman–Crippen MR) is 71.8 cm³/mol. The van der Waals surface area contributed by atoms with Gasteiger partial charge in [-0.15, -0.1) is 0 Å². The lowest BCUT2D eigenvalue weighted by molar-refractivity contribution is -0.107. The molecule has 0 amide bonds. The van der Waals surface area contributed by atoms with Gasteiger partial charge in [-0.3, -0.25) is 4.79 Å². The van der Waals surface area contributed by atoms with Crippen LogP contribution in [-0.4, -0.2) is 11.3 Å². The third-order valence-corrected chi connectivity index (χ3v) is 3.12. The second-order valence-electron chi connectivity index (χ2n) is 4.21. The number of H-pyrrole nitrogens is 1. The van der Waals surface area contributed by atoms with Gasteiger partial charge in [-0.1, -0.05) is 24.3 Å². The molecular weight excluding hydrogens is 226 g/mol. The first-order chi connectivity index (χ1) is 8.81. The molecule has 0 radical (unpaired) electrons. The summed E-state index contributed by atoms with van der Waals surface area (Å²) < 4.78 is 0. The fourth-order valence-electron chi connectivity index (χ4n) is 2.30. The highest BCUT2D eigenvalue weighted by molar-refractivity contribution is 5.94. The number of hydrogen-bond acceptors (Lipinski definition) is 2. The largest absolute Gasteiger partial charge is 0.354 e. The van der Waals surface area contributed by atoms with Crippen LogP contribution in [0.25, 0.3) is 21.8 Å². The summed E-state index contributed by atoms with van der Waals surface area (Å²) in [5, 5.41) is 1.27. The van der Waals surface area contributed by atoms with Crippen molar-refractivity contribution in [3.8, 4) is 0 Å². The molecule has 88 valence electrons. The Morgan fingerprint density at radius 2 is 1.78 bits per heavy atom. The molecule has 0 saturated heterocycles. The van der Waals surface area contributed by atoms with Crippen LogP contribution in [0.15, 0.2) is 47.3 Å². The van der Waals surface area contributed by atoms with E-state index in [0.29, 0.717) is 10.8 Å². The third-order valence-electron chi connectivity index (χ3n) is 3.12. The van der Waals surface area contributed by atoms with Gasteiger partial charge < -0.3 is 9.78 Å². The molecule has 1 aromatic heterocycles. The molecule has 0 bridgehead atoms. The molecule has 3 aromatic rings. The second kappa shape index (κ2) is 4.11. The lowest BCUT2D eigenvalue weighted by Gasteiger charge is -2.05. The number of fused-ring (bicyclic) bond motifs is 2. The van der Waals surface area contributed by atoms with Crippen molar-refractivity contribution in [3.63, 3.8) is 0 Å². The lowest BCUT2D eigenvalue weighted by atomic mass is 10.0. The highest BCUT2D eigenvalue weighted by atomic mass is 16.1. The molecule has 0 aliphatic heterocycles. The van der Waals surface area contributed by atoms with E-state index in [1.165, 1.54) is 0 Å². The maximum absolute atomic E-state index is 12.4. The maximum Gasteiger partial charge on any atom is 0.197 e. The molecule has 2 aromatic carbocycles. The summed E-state index contributed by atoms with van der Waals surface area (Å²) >= 11 is 0. The van der Waals surface area contributed by atoms with Crippen LogP contribution in [0.4, 0.5) is 0 Å². The third kappa shape index (κ3) is 1.52. The Balaban J connectivity index is 2.53. The predicted octanol–water partition coefficient (Wildman–Crippen LogP) is 2.42. The Morgan fingerprint density at radius 3 is 2.61 bits per heavy atom. The van der Waals surface area contributed by atoms with Gasteiger partial charge in [0.1, 0.15) is 6.29 Å². The minimum absolute atomic E-state index is 0.0169. The number of aromatic amines is 1. The number of carbonyl (C=O) groups is 1. The van der Waals surface area contributed by atoms with E-state index >= 15 is 0 Å². The van der Waals surface area contributed by atoms with E-state index in [1.807, 2.05) is 36.4 Å². The van der Waals surface area contributed by atoms with E-state index in [2.05, 4.69) is 4.98 Å². The number of aromatic nitrogens is 1. The van der Waals surface area contributed by atoms with Gasteiger partial charge in [0.15, 0.2) is 5.43 Å². The standard InChI is InChI=1S/C15H11NO2/c17-9-8-10-4-3-7-13-14(10)15(18)11-5-1-2-6-12(11)16-13/h1-7,9H,8H2,(H,16,18). The molecule has 0 aliphatic carbocycles. The first kappa shape index (κ1) is 10.7. The number of benzene rings is 2. The molecule has 1 N–H and O–H groups in total. The summed E-state index contributed by atoms with van der Waals surface area (Å²) in [6, 6.07) is 12.9. The van der Waals surface area contributed by atoms with E-state index < -0.39 is 0 Å². The van der Waals surface area contributed by atoms with Crippen molar-refractivity contribution >= 4 is 28.1 Å². The monoisotopic (exact) mass is 237 g/mol. The maximum atomic E-state index is 12.4. The molecule has 3 heteroatoms. The highest BCUT2D eigenvalue weighted by Gasteiger charge is 2.08. The molecule has 0 saturated carbocycles. The Hall–Kier alpha value is -2.42. The number of pyridine rings is 1. The van der Waals surface area contributed by atoms with Crippen LogP contribution in [0.5, 0.6) is 0 Å². The van der Waals surface area contributed by atoms with Crippen LogP contribution in [0.1, 0.15) is 5.56 Å². The first-order valence-corrected chi connectivity index (χ1v) is 5.77. The smallest absolute Gasteiger partial charge is 0.197 e. The Morgan fingerprint density at radius 1 is 1.00 bits per heavy atom. The van der Waals surface area contributed by atoms with Gasteiger partial charge in [0.05, 0.1) is 5.52 Å². The molecule has 0 atom stereocenters. The molecule has 3 nitrogen and oxygen atoms in total. The zero-order chi connectivity index (χ0) is 12.5. The van der Waals surface area contributed by atoms with Crippen LogP contribution < -0.4 is 5.43 Å². The van der Waals surface area contributed by atoms with Gasteiger partial charge in [0, 0.05) is 22.7 Å². The molecule has 0 unspecified atom stereocenters. The Kier molecular flexibility index (Phi) is 2.45. The van der Waals surface area contributed by atoms with Crippen molar-refractivity contribution < 1.29 is 4.79 Å². The molecule has 18 heavy (non-hydrogen) atoms.